The summed E-state index contributed by atoms with van der Waals surface area (Å²) in [5.41, 5.74) is 1.16. The number of aliphatic hydroxyl groups excluding tert-OH is 1. The van der Waals surface area contributed by atoms with Crippen LogP contribution in [-0.4, -0.2) is 29.1 Å². The summed E-state index contributed by atoms with van der Waals surface area (Å²) in [6.45, 7) is 2.08. The molecular formula is C20H25NO2. The van der Waals surface area contributed by atoms with Gasteiger partial charge in [-0.1, -0.05) is 36.4 Å². The normalized spacial score (nSPS) is 22.7. The van der Waals surface area contributed by atoms with Crippen molar-refractivity contribution in [1.29, 1.82) is 0 Å². The van der Waals surface area contributed by atoms with Crippen LogP contribution in [0.3, 0.4) is 0 Å². The van der Waals surface area contributed by atoms with E-state index in [9.17, 15) is 9.90 Å². The summed E-state index contributed by atoms with van der Waals surface area (Å²) in [5.74, 6) is 0.267. The lowest BCUT2D eigenvalue weighted by Crippen LogP contribution is -2.37. The van der Waals surface area contributed by atoms with Gasteiger partial charge in [0.15, 0.2) is 0 Å². The quantitative estimate of drug-likeness (QED) is 0.933. The summed E-state index contributed by atoms with van der Waals surface area (Å²) >= 11 is 0. The molecule has 1 saturated carbocycles. The topological polar surface area (TPSA) is 40.5 Å². The largest absolute Gasteiger partial charge is 0.393 e. The van der Waals surface area contributed by atoms with Crippen LogP contribution in [0, 0.1) is 5.92 Å². The molecule has 0 heterocycles. The molecule has 1 amide bonds. The third-order valence-electron chi connectivity index (χ3n) is 5.23. The lowest BCUT2D eigenvalue weighted by atomic mass is 9.86. The van der Waals surface area contributed by atoms with Crippen LogP contribution in [0.2, 0.25) is 0 Å². The zero-order valence-corrected chi connectivity index (χ0v) is 13.9. The molecular weight excluding hydrogens is 286 g/mol. The smallest absolute Gasteiger partial charge is 0.225 e. The van der Waals surface area contributed by atoms with Crippen molar-refractivity contribution in [3.63, 3.8) is 0 Å². The van der Waals surface area contributed by atoms with Gasteiger partial charge in [-0.25, -0.2) is 0 Å². The first-order chi connectivity index (χ1) is 11.1. The zero-order valence-electron chi connectivity index (χ0n) is 13.9. The Labute approximate surface area is 137 Å². The monoisotopic (exact) mass is 311 g/mol. The van der Waals surface area contributed by atoms with E-state index in [1.54, 1.807) is 0 Å². The lowest BCUT2D eigenvalue weighted by Gasteiger charge is -2.32. The molecule has 2 aromatic rings. The van der Waals surface area contributed by atoms with Crippen molar-refractivity contribution in [1.82, 2.24) is 4.90 Å². The average molecular weight is 311 g/mol. The summed E-state index contributed by atoms with van der Waals surface area (Å²) in [6, 6.07) is 14.8. The highest BCUT2D eigenvalue weighted by atomic mass is 16.3. The number of carbonyl (C=O) groups is 1. The summed E-state index contributed by atoms with van der Waals surface area (Å²) in [4.78, 5) is 14.6. The van der Waals surface area contributed by atoms with Gasteiger partial charge >= 0.3 is 0 Å². The Balaban J connectivity index is 1.75. The highest BCUT2D eigenvalue weighted by Crippen LogP contribution is 2.29. The van der Waals surface area contributed by atoms with Gasteiger partial charge in [0.2, 0.25) is 5.91 Å². The standard InChI is InChI=1S/C20H25NO2/c1-14(17-8-7-15-5-3-4-6-18(15)13-17)21(2)20(23)16-9-11-19(22)12-10-16/h3-8,13-14,16,19,22H,9-12H2,1-2H3. The molecule has 3 heteroatoms. The molecule has 0 radical (unpaired) electrons. The molecule has 1 unspecified atom stereocenters. The van der Waals surface area contributed by atoms with Gasteiger partial charge < -0.3 is 10.0 Å². The Hall–Kier alpha value is -1.87. The van der Waals surface area contributed by atoms with Crippen molar-refractivity contribution in [3.8, 4) is 0 Å². The molecule has 122 valence electrons. The SMILES string of the molecule is CC(c1ccc2ccccc2c1)N(C)C(=O)C1CCC(O)CC1. The molecule has 0 saturated heterocycles. The highest BCUT2D eigenvalue weighted by molar-refractivity contribution is 5.83. The Kier molecular flexibility index (Phi) is 4.67. The first kappa shape index (κ1) is 16.0. The van der Waals surface area contributed by atoms with Crippen LogP contribution < -0.4 is 0 Å². The number of rotatable bonds is 3. The van der Waals surface area contributed by atoms with E-state index in [2.05, 4.69) is 37.3 Å². The fourth-order valence-corrected chi connectivity index (χ4v) is 3.49. The number of hydrogen-bond donors (Lipinski definition) is 1. The number of aliphatic hydroxyl groups is 1. The van der Waals surface area contributed by atoms with Gasteiger partial charge in [0.25, 0.3) is 0 Å². The minimum absolute atomic E-state index is 0.0546. The molecule has 0 spiro atoms. The predicted octanol–water partition coefficient (Wildman–Crippen LogP) is 3.91. The number of fused-ring (bicyclic) bond motifs is 1. The number of benzene rings is 2. The molecule has 1 aliphatic rings. The Morgan fingerprint density at radius 3 is 2.43 bits per heavy atom. The number of hydrogen-bond acceptors (Lipinski definition) is 2. The molecule has 1 atom stereocenters. The van der Waals surface area contributed by atoms with E-state index in [4.69, 9.17) is 0 Å². The predicted molar refractivity (Wildman–Crippen MR) is 93.1 cm³/mol. The van der Waals surface area contributed by atoms with E-state index in [-0.39, 0.29) is 24.0 Å². The van der Waals surface area contributed by atoms with E-state index in [0.29, 0.717) is 0 Å². The summed E-state index contributed by atoms with van der Waals surface area (Å²) in [7, 11) is 1.90. The third kappa shape index (κ3) is 3.40. The second-order valence-corrected chi connectivity index (χ2v) is 6.74. The number of amides is 1. The van der Waals surface area contributed by atoms with Gasteiger partial charge in [-0.3, -0.25) is 4.79 Å². The summed E-state index contributed by atoms with van der Waals surface area (Å²) in [5, 5.41) is 12.0. The minimum Gasteiger partial charge on any atom is -0.393 e. The molecule has 3 rings (SSSR count). The lowest BCUT2D eigenvalue weighted by molar-refractivity contribution is -0.137. The molecule has 1 N–H and O–H groups in total. The second-order valence-electron chi connectivity index (χ2n) is 6.74. The molecule has 0 aromatic heterocycles. The minimum atomic E-state index is -0.220. The van der Waals surface area contributed by atoms with Crippen LogP contribution in [0.4, 0.5) is 0 Å². The van der Waals surface area contributed by atoms with Gasteiger partial charge in [-0.05, 0) is 55.0 Å². The Morgan fingerprint density at radius 1 is 1.09 bits per heavy atom. The van der Waals surface area contributed by atoms with E-state index in [1.807, 2.05) is 24.1 Å². The number of carbonyl (C=O) groups excluding carboxylic acids is 1. The molecule has 0 bridgehead atoms. The van der Waals surface area contributed by atoms with Crippen LogP contribution >= 0.6 is 0 Å². The van der Waals surface area contributed by atoms with Gasteiger partial charge in [0.05, 0.1) is 12.1 Å². The van der Waals surface area contributed by atoms with E-state index < -0.39 is 0 Å². The van der Waals surface area contributed by atoms with Crippen molar-refractivity contribution >= 4 is 16.7 Å². The molecule has 1 aliphatic carbocycles. The fraction of sp³-hybridized carbons (Fsp3) is 0.450. The van der Waals surface area contributed by atoms with Crippen LogP contribution in [-0.2, 0) is 4.79 Å². The maximum atomic E-state index is 12.7. The molecule has 2 aromatic carbocycles. The highest BCUT2D eigenvalue weighted by Gasteiger charge is 2.29. The van der Waals surface area contributed by atoms with Crippen LogP contribution in [0.25, 0.3) is 10.8 Å². The molecule has 0 aliphatic heterocycles. The fourth-order valence-electron chi connectivity index (χ4n) is 3.49. The van der Waals surface area contributed by atoms with Gasteiger partial charge in [-0.15, -0.1) is 0 Å². The maximum Gasteiger partial charge on any atom is 0.225 e. The summed E-state index contributed by atoms with van der Waals surface area (Å²) < 4.78 is 0. The van der Waals surface area contributed by atoms with Crippen LogP contribution in [0.15, 0.2) is 42.5 Å². The first-order valence-corrected chi connectivity index (χ1v) is 8.49. The van der Waals surface area contributed by atoms with E-state index in [0.717, 1.165) is 31.2 Å². The third-order valence-corrected chi connectivity index (χ3v) is 5.23. The van der Waals surface area contributed by atoms with Crippen LogP contribution in [0.1, 0.15) is 44.2 Å². The van der Waals surface area contributed by atoms with Gasteiger partial charge in [0, 0.05) is 13.0 Å². The second kappa shape index (κ2) is 6.71. The summed E-state index contributed by atoms with van der Waals surface area (Å²) in [6.07, 6.45) is 2.87. The van der Waals surface area contributed by atoms with Crippen molar-refractivity contribution in [3.05, 3.63) is 48.0 Å². The van der Waals surface area contributed by atoms with Crippen molar-refractivity contribution in [2.45, 2.75) is 44.8 Å². The van der Waals surface area contributed by atoms with Crippen molar-refractivity contribution in [2.24, 2.45) is 5.92 Å². The molecule has 1 fully saturated rings. The van der Waals surface area contributed by atoms with Crippen molar-refractivity contribution in [2.75, 3.05) is 7.05 Å². The average Bonchev–Trinajstić information content (AvgIpc) is 2.60. The first-order valence-electron chi connectivity index (χ1n) is 8.49. The van der Waals surface area contributed by atoms with Crippen LogP contribution in [0.5, 0.6) is 0 Å². The van der Waals surface area contributed by atoms with Crippen molar-refractivity contribution < 1.29 is 9.90 Å². The Morgan fingerprint density at radius 2 is 1.74 bits per heavy atom. The Bertz CT molecular complexity index is 689. The van der Waals surface area contributed by atoms with Gasteiger partial charge in [0.1, 0.15) is 0 Å². The van der Waals surface area contributed by atoms with E-state index >= 15 is 0 Å². The van der Waals surface area contributed by atoms with E-state index in [1.165, 1.54) is 10.8 Å². The molecule has 3 nitrogen and oxygen atoms in total. The zero-order chi connectivity index (χ0) is 16.4. The number of nitrogens with zero attached hydrogens (tertiary/aromatic N) is 1. The molecule has 23 heavy (non-hydrogen) atoms. The maximum absolute atomic E-state index is 12.7. The van der Waals surface area contributed by atoms with Gasteiger partial charge in [-0.2, -0.15) is 0 Å².